The number of benzene rings is 2. The van der Waals surface area contributed by atoms with E-state index in [1.807, 2.05) is 12.1 Å². The van der Waals surface area contributed by atoms with Crippen LogP contribution in [0.5, 0.6) is 0 Å². The van der Waals surface area contributed by atoms with E-state index in [4.69, 9.17) is 4.74 Å². The molecule has 1 nitrogen and oxygen atoms in total. The van der Waals surface area contributed by atoms with Gasteiger partial charge in [-0.3, -0.25) is 0 Å². The van der Waals surface area contributed by atoms with Crippen molar-refractivity contribution in [1.29, 1.82) is 0 Å². The minimum atomic E-state index is -0.0671. The summed E-state index contributed by atoms with van der Waals surface area (Å²) in [6.45, 7) is 3.17. The van der Waals surface area contributed by atoms with E-state index in [9.17, 15) is 0 Å². The van der Waals surface area contributed by atoms with Crippen molar-refractivity contribution in [3.8, 4) is 11.1 Å². The lowest BCUT2D eigenvalue weighted by Crippen LogP contribution is -2.14. The molecule has 2 aliphatic rings. The highest BCUT2D eigenvalue weighted by molar-refractivity contribution is 5.65. The molecule has 0 bridgehead atoms. The minimum absolute atomic E-state index is 0.0671. The Morgan fingerprint density at radius 2 is 1.33 bits per heavy atom. The fourth-order valence-corrected chi connectivity index (χ4v) is 6.45. The molecule has 0 heterocycles. The summed E-state index contributed by atoms with van der Waals surface area (Å²) in [5.41, 5.74) is 4.37. The second-order valence-corrected chi connectivity index (χ2v) is 10.7. The van der Waals surface area contributed by atoms with Crippen molar-refractivity contribution in [1.82, 2.24) is 0 Å². The molecule has 0 unspecified atom stereocenters. The monoisotopic (exact) mass is 450 g/mol. The maximum Gasteiger partial charge on any atom is 0.131 e. The molecule has 2 aliphatic carbocycles. The van der Waals surface area contributed by atoms with E-state index in [-0.39, 0.29) is 5.82 Å². The SMILES string of the molecule is CCCC1CCC(c2ccc(-c3ccc(C4CCC(CCCOC)CC4)cc3F)cc2)CC1. The van der Waals surface area contributed by atoms with Crippen LogP contribution in [-0.2, 0) is 4.74 Å². The fraction of sp³-hybridized carbons (Fsp3) is 0.613. The number of methoxy groups -OCH3 is 1. The normalized spacial score (nSPS) is 25.8. The van der Waals surface area contributed by atoms with Crippen molar-refractivity contribution >= 4 is 0 Å². The van der Waals surface area contributed by atoms with Crippen LogP contribution >= 0.6 is 0 Å². The smallest absolute Gasteiger partial charge is 0.131 e. The van der Waals surface area contributed by atoms with Gasteiger partial charge in [0.1, 0.15) is 5.82 Å². The molecule has 33 heavy (non-hydrogen) atoms. The average molecular weight is 451 g/mol. The van der Waals surface area contributed by atoms with Crippen molar-refractivity contribution in [2.75, 3.05) is 13.7 Å². The molecule has 0 radical (unpaired) electrons. The van der Waals surface area contributed by atoms with E-state index in [0.29, 0.717) is 11.8 Å². The Hall–Kier alpha value is -1.67. The predicted octanol–water partition coefficient (Wildman–Crippen LogP) is 9.27. The molecule has 180 valence electrons. The molecule has 2 saturated carbocycles. The Bertz CT molecular complexity index is 842. The van der Waals surface area contributed by atoms with Crippen LogP contribution in [0.4, 0.5) is 4.39 Å². The molecule has 0 atom stereocenters. The van der Waals surface area contributed by atoms with Gasteiger partial charge in [-0.05, 0) is 111 Å². The second-order valence-electron chi connectivity index (χ2n) is 10.7. The van der Waals surface area contributed by atoms with Crippen LogP contribution in [0, 0.1) is 17.7 Å². The molecule has 2 fully saturated rings. The molecular formula is C31H43FO. The lowest BCUT2D eigenvalue weighted by atomic mass is 9.76. The molecular weight excluding hydrogens is 407 g/mol. The Balaban J connectivity index is 1.34. The Morgan fingerprint density at radius 3 is 1.91 bits per heavy atom. The molecule has 0 spiro atoms. The van der Waals surface area contributed by atoms with Crippen LogP contribution < -0.4 is 0 Å². The fourth-order valence-electron chi connectivity index (χ4n) is 6.45. The highest BCUT2D eigenvalue weighted by Crippen LogP contribution is 2.40. The second kappa shape index (κ2) is 12.2. The summed E-state index contributed by atoms with van der Waals surface area (Å²) >= 11 is 0. The average Bonchev–Trinajstić information content (AvgIpc) is 2.85. The molecule has 2 aromatic rings. The first-order valence-electron chi connectivity index (χ1n) is 13.6. The third kappa shape index (κ3) is 6.47. The molecule has 0 saturated heterocycles. The molecule has 2 aromatic carbocycles. The first kappa shape index (κ1) is 24.5. The van der Waals surface area contributed by atoms with Gasteiger partial charge in [0.15, 0.2) is 0 Å². The molecule has 4 rings (SSSR count). The molecule has 2 heteroatoms. The van der Waals surface area contributed by atoms with Crippen LogP contribution in [-0.4, -0.2) is 13.7 Å². The Labute approximate surface area is 201 Å². The number of hydrogen-bond donors (Lipinski definition) is 0. The number of ether oxygens (including phenoxy) is 1. The van der Waals surface area contributed by atoms with Crippen LogP contribution in [0.15, 0.2) is 42.5 Å². The zero-order valence-corrected chi connectivity index (χ0v) is 20.8. The molecule has 0 aliphatic heterocycles. The van der Waals surface area contributed by atoms with Crippen LogP contribution in [0.1, 0.15) is 107 Å². The van der Waals surface area contributed by atoms with Crippen molar-refractivity contribution < 1.29 is 9.13 Å². The van der Waals surface area contributed by atoms with Gasteiger partial charge in [-0.15, -0.1) is 0 Å². The summed E-state index contributed by atoms with van der Waals surface area (Å²) in [5.74, 6) is 2.88. The van der Waals surface area contributed by atoms with E-state index in [1.165, 1.54) is 81.8 Å². The van der Waals surface area contributed by atoms with Gasteiger partial charge in [0.05, 0.1) is 0 Å². The molecule has 0 amide bonds. The van der Waals surface area contributed by atoms with E-state index in [0.717, 1.165) is 36.0 Å². The summed E-state index contributed by atoms with van der Waals surface area (Å²) < 4.78 is 20.3. The topological polar surface area (TPSA) is 9.23 Å². The van der Waals surface area contributed by atoms with Crippen LogP contribution in [0.2, 0.25) is 0 Å². The maximum absolute atomic E-state index is 15.1. The van der Waals surface area contributed by atoms with E-state index in [2.05, 4.69) is 37.3 Å². The number of hydrogen-bond acceptors (Lipinski definition) is 1. The van der Waals surface area contributed by atoms with Crippen molar-refractivity contribution in [2.24, 2.45) is 11.8 Å². The first-order chi connectivity index (χ1) is 16.2. The Morgan fingerprint density at radius 1 is 0.758 bits per heavy atom. The van der Waals surface area contributed by atoms with Gasteiger partial charge in [0.2, 0.25) is 0 Å². The van der Waals surface area contributed by atoms with Gasteiger partial charge in [0.25, 0.3) is 0 Å². The van der Waals surface area contributed by atoms with Gasteiger partial charge in [-0.1, -0.05) is 56.2 Å². The summed E-state index contributed by atoms with van der Waals surface area (Å²) in [6.07, 6.45) is 15.4. The highest BCUT2D eigenvalue weighted by Gasteiger charge is 2.24. The first-order valence-corrected chi connectivity index (χ1v) is 13.6. The van der Waals surface area contributed by atoms with Gasteiger partial charge < -0.3 is 4.74 Å². The molecule has 0 N–H and O–H groups in total. The van der Waals surface area contributed by atoms with Crippen molar-refractivity contribution in [3.05, 3.63) is 59.4 Å². The number of rotatable bonds is 9. The zero-order chi connectivity index (χ0) is 23.0. The Kier molecular flexibility index (Phi) is 9.01. The van der Waals surface area contributed by atoms with Gasteiger partial charge >= 0.3 is 0 Å². The van der Waals surface area contributed by atoms with Gasteiger partial charge in [-0.2, -0.15) is 0 Å². The zero-order valence-electron chi connectivity index (χ0n) is 20.8. The third-order valence-electron chi connectivity index (χ3n) is 8.51. The van der Waals surface area contributed by atoms with E-state index >= 15 is 4.39 Å². The quantitative estimate of drug-likeness (QED) is 0.346. The lowest BCUT2D eigenvalue weighted by molar-refractivity contribution is 0.180. The standard InChI is InChI=1S/C31H43FO/c1-3-5-23-7-11-25(12-8-23)26-15-17-28(18-16-26)30-20-19-29(22-31(30)32)27-13-9-24(10-14-27)6-4-21-33-2/h15-20,22-25,27H,3-14,21H2,1-2H3. The summed E-state index contributed by atoms with van der Waals surface area (Å²) in [5, 5.41) is 0. The molecule has 0 aromatic heterocycles. The summed E-state index contributed by atoms with van der Waals surface area (Å²) in [6, 6.07) is 14.8. The van der Waals surface area contributed by atoms with Gasteiger partial charge in [-0.25, -0.2) is 4.39 Å². The highest BCUT2D eigenvalue weighted by atomic mass is 19.1. The van der Waals surface area contributed by atoms with E-state index in [1.54, 1.807) is 7.11 Å². The van der Waals surface area contributed by atoms with Crippen LogP contribution in [0.25, 0.3) is 11.1 Å². The van der Waals surface area contributed by atoms with Crippen molar-refractivity contribution in [2.45, 2.75) is 95.8 Å². The lowest BCUT2D eigenvalue weighted by Gasteiger charge is -2.29. The third-order valence-corrected chi connectivity index (χ3v) is 8.51. The van der Waals surface area contributed by atoms with Crippen molar-refractivity contribution in [3.63, 3.8) is 0 Å². The van der Waals surface area contributed by atoms with Gasteiger partial charge in [0, 0.05) is 19.3 Å². The summed E-state index contributed by atoms with van der Waals surface area (Å²) in [7, 11) is 1.78. The van der Waals surface area contributed by atoms with Crippen LogP contribution in [0.3, 0.4) is 0 Å². The predicted molar refractivity (Wildman–Crippen MR) is 137 cm³/mol. The number of halogens is 1. The largest absolute Gasteiger partial charge is 0.385 e. The minimum Gasteiger partial charge on any atom is -0.385 e. The summed E-state index contributed by atoms with van der Waals surface area (Å²) in [4.78, 5) is 0. The van der Waals surface area contributed by atoms with E-state index < -0.39 is 0 Å². The maximum atomic E-state index is 15.1.